The molecule has 2 heterocycles. The van der Waals surface area contributed by atoms with E-state index in [1.807, 2.05) is 19.1 Å². The van der Waals surface area contributed by atoms with Crippen molar-refractivity contribution >= 4 is 16.9 Å². The number of hydrogen-bond acceptors (Lipinski definition) is 1. The molecular weight excluding hydrogens is 257 g/mol. The Bertz CT molecular complexity index is 646. The Kier molecular flexibility index (Phi) is 3.34. The largest absolute Gasteiger partial charge is 0.357 e. The van der Waals surface area contributed by atoms with Gasteiger partial charge < -0.3 is 15.2 Å². The summed E-state index contributed by atoms with van der Waals surface area (Å²) in [6.07, 6.45) is 1.75. The van der Waals surface area contributed by atoms with Gasteiger partial charge in [0.25, 0.3) is 0 Å². The third-order valence-electron chi connectivity index (χ3n) is 3.80. The number of hydrogen-bond donors (Lipinski definition) is 2. The van der Waals surface area contributed by atoms with E-state index in [0.717, 1.165) is 36.1 Å². The van der Waals surface area contributed by atoms with E-state index in [2.05, 4.69) is 10.3 Å². The average Bonchev–Trinajstić information content (AvgIpc) is 2.75. The zero-order valence-electron chi connectivity index (χ0n) is 11.5. The highest BCUT2D eigenvalue weighted by atomic mass is 19.1. The highest BCUT2D eigenvalue weighted by molar-refractivity contribution is 5.81. The summed E-state index contributed by atoms with van der Waals surface area (Å²) in [4.78, 5) is 16.7. The highest BCUT2D eigenvalue weighted by Gasteiger charge is 2.19. The molecule has 1 saturated heterocycles. The van der Waals surface area contributed by atoms with E-state index in [0.29, 0.717) is 18.5 Å². The van der Waals surface area contributed by atoms with E-state index in [4.69, 9.17) is 0 Å². The topological polar surface area (TPSA) is 48.1 Å². The molecular formula is C15H18FN3O. The maximum absolute atomic E-state index is 13.7. The molecule has 4 nitrogen and oxygen atoms in total. The first-order valence-electron chi connectivity index (χ1n) is 7.00. The maximum Gasteiger partial charge on any atom is 0.317 e. The lowest BCUT2D eigenvalue weighted by Gasteiger charge is -2.30. The Balaban J connectivity index is 1.73. The molecule has 0 spiro atoms. The van der Waals surface area contributed by atoms with Crippen molar-refractivity contribution in [1.29, 1.82) is 0 Å². The molecule has 0 saturated carbocycles. The van der Waals surface area contributed by atoms with E-state index in [1.165, 1.54) is 0 Å². The second kappa shape index (κ2) is 5.15. The van der Waals surface area contributed by atoms with Crippen molar-refractivity contribution in [3.8, 4) is 0 Å². The molecule has 1 fully saturated rings. The number of nitrogens with zero attached hydrogens (tertiary/aromatic N) is 1. The van der Waals surface area contributed by atoms with Gasteiger partial charge in [0, 0.05) is 29.7 Å². The number of aromatic amines is 1. The van der Waals surface area contributed by atoms with Crippen LogP contribution in [-0.2, 0) is 13.0 Å². The molecule has 5 heteroatoms. The number of carbonyl (C=O) groups is 1. The Hall–Kier alpha value is -2.04. The lowest BCUT2D eigenvalue weighted by atomic mass is 10.1. The number of aryl methyl sites for hydroxylation is 1. The van der Waals surface area contributed by atoms with Gasteiger partial charge in [0.15, 0.2) is 0 Å². The molecule has 20 heavy (non-hydrogen) atoms. The quantitative estimate of drug-likeness (QED) is 0.889. The third-order valence-corrected chi connectivity index (χ3v) is 3.80. The second-order valence-electron chi connectivity index (χ2n) is 5.18. The Morgan fingerprint density at radius 1 is 1.40 bits per heavy atom. The molecule has 0 radical (unpaired) electrons. The summed E-state index contributed by atoms with van der Waals surface area (Å²) in [5, 5.41) is 3.71. The molecule has 2 N–H and O–H groups in total. The first kappa shape index (κ1) is 13.0. The van der Waals surface area contributed by atoms with Crippen molar-refractivity contribution in [3.05, 3.63) is 35.3 Å². The minimum atomic E-state index is -0.171. The maximum atomic E-state index is 13.7. The van der Waals surface area contributed by atoms with Gasteiger partial charge >= 0.3 is 6.03 Å². The number of benzene rings is 1. The number of nitrogens with one attached hydrogen (secondary N) is 2. The zero-order chi connectivity index (χ0) is 14.1. The van der Waals surface area contributed by atoms with Crippen LogP contribution in [0.4, 0.5) is 9.18 Å². The predicted molar refractivity (Wildman–Crippen MR) is 76.1 cm³/mol. The molecule has 1 aliphatic rings. The average molecular weight is 275 g/mol. The van der Waals surface area contributed by atoms with Gasteiger partial charge in [-0.15, -0.1) is 0 Å². The van der Waals surface area contributed by atoms with Crippen LogP contribution in [0.1, 0.15) is 24.6 Å². The number of rotatable bonds is 3. The van der Waals surface area contributed by atoms with Crippen LogP contribution in [0.15, 0.2) is 18.2 Å². The van der Waals surface area contributed by atoms with Crippen molar-refractivity contribution in [2.24, 2.45) is 0 Å². The molecule has 1 aromatic carbocycles. The van der Waals surface area contributed by atoms with Gasteiger partial charge in [-0.1, -0.05) is 6.92 Å². The number of fused-ring (bicyclic) bond motifs is 1. The number of urea groups is 1. The first-order valence-corrected chi connectivity index (χ1v) is 7.00. The number of carbonyl (C=O) groups excluding carboxylic acids is 1. The highest BCUT2D eigenvalue weighted by Crippen LogP contribution is 2.20. The van der Waals surface area contributed by atoms with Crippen LogP contribution in [0, 0.1) is 5.82 Å². The van der Waals surface area contributed by atoms with Crippen LogP contribution in [0.3, 0.4) is 0 Å². The van der Waals surface area contributed by atoms with E-state index in [9.17, 15) is 9.18 Å². The molecule has 0 aliphatic carbocycles. The number of likely N-dealkylation sites (tertiary alicyclic amines) is 1. The summed E-state index contributed by atoms with van der Waals surface area (Å²) in [5.41, 5.74) is 2.51. The van der Waals surface area contributed by atoms with Crippen molar-refractivity contribution in [2.45, 2.75) is 26.3 Å². The molecule has 1 aliphatic heterocycles. The van der Waals surface area contributed by atoms with Gasteiger partial charge in [-0.3, -0.25) is 0 Å². The van der Waals surface area contributed by atoms with Crippen LogP contribution in [0.2, 0.25) is 0 Å². The van der Waals surface area contributed by atoms with E-state index < -0.39 is 0 Å². The minimum Gasteiger partial charge on any atom is -0.357 e. The van der Waals surface area contributed by atoms with E-state index in [-0.39, 0.29) is 11.8 Å². The predicted octanol–water partition coefficient (Wildman–Crippen LogP) is 2.78. The van der Waals surface area contributed by atoms with Crippen LogP contribution in [0.5, 0.6) is 0 Å². The first-order chi connectivity index (χ1) is 9.67. The van der Waals surface area contributed by atoms with Gasteiger partial charge in [0.1, 0.15) is 5.82 Å². The lowest BCUT2D eigenvalue weighted by Crippen LogP contribution is -2.47. The Labute approximate surface area is 117 Å². The molecule has 106 valence electrons. The number of aromatic nitrogens is 1. The molecule has 3 rings (SSSR count). The fourth-order valence-corrected chi connectivity index (χ4v) is 2.43. The summed E-state index contributed by atoms with van der Waals surface area (Å²) in [6.45, 7) is 4.04. The van der Waals surface area contributed by atoms with Gasteiger partial charge in [-0.25, -0.2) is 9.18 Å². The fourth-order valence-electron chi connectivity index (χ4n) is 2.43. The summed E-state index contributed by atoms with van der Waals surface area (Å²) in [6, 6.07) is 5.24. The summed E-state index contributed by atoms with van der Waals surface area (Å²) >= 11 is 0. The fraction of sp³-hybridized carbons (Fsp3) is 0.400. The van der Waals surface area contributed by atoms with Crippen molar-refractivity contribution in [1.82, 2.24) is 15.2 Å². The smallest absolute Gasteiger partial charge is 0.317 e. The molecule has 0 bridgehead atoms. The van der Waals surface area contributed by atoms with Gasteiger partial charge in [0.2, 0.25) is 0 Å². The Morgan fingerprint density at radius 3 is 2.85 bits per heavy atom. The van der Waals surface area contributed by atoms with Crippen LogP contribution in [-0.4, -0.2) is 29.0 Å². The van der Waals surface area contributed by atoms with Gasteiger partial charge in [0.05, 0.1) is 6.54 Å². The third kappa shape index (κ3) is 2.35. The number of amides is 2. The number of halogens is 1. The number of H-pyrrole nitrogens is 1. The van der Waals surface area contributed by atoms with E-state index >= 15 is 0 Å². The van der Waals surface area contributed by atoms with Crippen LogP contribution < -0.4 is 5.32 Å². The minimum absolute atomic E-state index is 0.0321. The summed E-state index contributed by atoms with van der Waals surface area (Å²) in [5.74, 6) is -0.171. The van der Waals surface area contributed by atoms with Crippen molar-refractivity contribution in [2.75, 3.05) is 13.1 Å². The van der Waals surface area contributed by atoms with Crippen molar-refractivity contribution < 1.29 is 9.18 Å². The Morgan fingerprint density at radius 2 is 2.20 bits per heavy atom. The normalized spacial score (nSPS) is 14.4. The van der Waals surface area contributed by atoms with Gasteiger partial charge in [-0.2, -0.15) is 0 Å². The van der Waals surface area contributed by atoms with Crippen LogP contribution in [0.25, 0.3) is 10.9 Å². The molecule has 2 amide bonds. The van der Waals surface area contributed by atoms with Crippen LogP contribution >= 0.6 is 0 Å². The summed E-state index contributed by atoms with van der Waals surface area (Å²) < 4.78 is 13.7. The summed E-state index contributed by atoms with van der Waals surface area (Å²) in [7, 11) is 0. The lowest BCUT2D eigenvalue weighted by molar-refractivity contribution is 0.167. The SMILES string of the molecule is CCc1cc2[nH]c(CNC(=O)N3CCC3)cc2cc1F. The zero-order valence-corrected chi connectivity index (χ0v) is 11.5. The van der Waals surface area contributed by atoms with E-state index in [1.54, 1.807) is 11.0 Å². The van der Waals surface area contributed by atoms with Crippen molar-refractivity contribution in [3.63, 3.8) is 0 Å². The molecule has 1 aromatic heterocycles. The second-order valence-corrected chi connectivity index (χ2v) is 5.18. The molecule has 0 unspecified atom stereocenters. The standard InChI is InChI=1S/C15H18FN3O/c1-2-10-8-14-11(7-13(10)16)6-12(18-14)9-17-15(20)19-4-3-5-19/h6-8,18H,2-5,9H2,1H3,(H,17,20). The monoisotopic (exact) mass is 275 g/mol. The van der Waals surface area contributed by atoms with Gasteiger partial charge in [-0.05, 0) is 36.6 Å². The molecule has 2 aromatic rings. The molecule has 0 atom stereocenters.